The van der Waals surface area contributed by atoms with E-state index in [4.69, 9.17) is 5.73 Å². The molecule has 0 aromatic heterocycles. The van der Waals surface area contributed by atoms with Crippen molar-refractivity contribution in [3.63, 3.8) is 0 Å². The SMILES string of the molecule is CC.Cc1cccc(C(O)CN)c1. The lowest BCUT2D eigenvalue weighted by atomic mass is 10.1. The first kappa shape index (κ1) is 12.1. The molecule has 2 heteroatoms. The van der Waals surface area contributed by atoms with E-state index in [0.717, 1.165) is 11.1 Å². The lowest BCUT2D eigenvalue weighted by Gasteiger charge is -2.07. The molecule has 0 saturated heterocycles. The number of hydrogen-bond donors (Lipinski definition) is 2. The third-order valence-corrected chi connectivity index (χ3v) is 1.65. The van der Waals surface area contributed by atoms with Crippen molar-refractivity contribution >= 4 is 0 Å². The summed E-state index contributed by atoms with van der Waals surface area (Å²) >= 11 is 0. The van der Waals surface area contributed by atoms with Gasteiger partial charge < -0.3 is 10.8 Å². The van der Waals surface area contributed by atoms with Gasteiger partial charge in [-0.05, 0) is 12.5 Å². The third kappa shape index (κ3) is 4.06. The minimum atomic E-state index is -0.519. The molecule has 0 heterocycles. The van der Waals surface area contributed by atoms with Gasteiger partial charge in [0.2, 0.25) is 0 Å². The Balaban J connectivity index is 0.000000671. The second-order valence-electron chi connectivity index (χ2n) is 2.67. The summed E-state index contributed by atoms with van der Waals surface area (Å²) in [6.07, 6.45) is -0.519. The molecule has 0 amide bonds. The van der Waals surface area contributed by atoms with E-state index in [-0.39, 0.29) is 6.54 Å². The number of benzene rings is 1. The predicted octanol–water partition coefficient (Wildman–Crippen LogP) is 2.01. The summed E-state index contributed by atoms with van der Waals surface area (Å²) in [6, 6.07) is 7.73. The van der Waals surface area contributed by atoms with Gasteiger partial charge in [0.25, 0.3) is 0 Å². The van der Waals surface area contributed by atoms with Crippen LogP contribution in [0, 0.1) is 6.92 Å². The van der Waals surface area contributed by atoms with Crippen LogP contribution in [0.3, 0.4) is 0 Å². The summed E-state index contributed by atoms with van der Waals surface area (Å²) in [5.41, 5.74) is 7.35. The molecule has 0 saturated carbocycles. The molecule has 13 heavy (non-hydrogen) atoms. The van der Waals surface area contributed by atoms with Crippen molar-refractivity contribution in [3.05, 3.63) is 35.4 Å². The summed E-state index contributed by atoms with van der Waals surface area (Å²) in [7, 11) is 0. The van der Waals surface area contributed by atoms with Gasteiger partial charge in [0, 0.05) is 6.54 Å². The molecule has 1 rings (SSSR count). The van der Waals surface area contributed by atoms with Crippen LogP contribution in [0.1, 0.15) is 31.1 Å². The number of aliphatic hydroxyl groups excluding tert-OH is 1. The molecule has 0 aliphatic carbocycles. The van der Waals surface area contributed by atoms with Crippen LogP contribution in [0.5, 0.6) is 0 Å². The van der Waals surface area contributed by atoms with E-state index in [2.05, 4.69) is 0 Å². The van der Waals surface area contributed by atoms with Crippen LogP contribution in [0.2, 0.25) is 0 Å². The van der Waals surface area contributed by atoms with Crippen LogP contribution in [-0.4, -0.2) is 11.7 Å². The Morgan fingerprint density at radius 1 is 1.38 bits per heavy atom. The summed E-state index contributed by atoms with van der Waals surface area (Å²) in [5.74, 6) is 0. The largest absolute Gasteiger partial charge is 0.387 e. The van der Waals surface area contributed by atoms with Crippen molar-refractivity contribution in [1.82, 2.24) is 0 Å². The molecule has 1 atom stereocenters. The first-order chi connectivity index (χ1) is 6.24. The van der Waals surface area contributed by atoms with Gasteiger partial charge in [-0.25, -0.2) is 0 Å². The first-order valence-electron chi connectivity index (χ1n) is 4.68. The Morgan fingerprint density at radius 2 is 2.00 bits per heavy atom. The van der Waals surface area contributed by atoms with Gasteiger partial charge in [0.05, 0.1) is 6.10 Å². The van der Waals surface area contributed by atoms with Crippen LogP contribution < -0.4 is 5.73 Å². The summed E-state index contributed by atoms with van der Waals surface area (Å²) < 4.78 is 0. The zero-order valence-corrected chi connectivity index (χ0v) is 8.62. The molecule has 0 aliphatic rings. The fraction of sp³-hybridized carbons (Fsp3) is 0.455. The molecule has 1 unspecified atom stereocenters. The molecular weight excluding hydrogens is 162 g/mol. The van der Waals surface area contributed by atoms with E-state index in [0.29, 0.717) is 0 Å². The fourth-order valence-electron chi connectivity index (χ4n) is 1.01. The van der Waals surface area contributed by atoms with Crippen molar-refractivity contribution in [3.8, 4) is 0 Å². The topological polar surface area (TPSA) is 46.2 Å². The van der Waals surface area contributed by atoms with Gasteiger partial charge >= 0.3 is 0 Å². The maximum atomic E-state index is 9.33. The van der Waals surface area contributed by atoms with Gasteiger partial charge in [-0.1, -0.05) is 43.7 Å². The minimum Gasteiger partial charge on any atom is -0.387 e. The highest BCUT2D eigenvalue weighted by Gasteiger charge is 2.02. The predicted molar refractivity (Wildman–Crippen MR) is 56.5 cm³/mol. The summed E-state index contributed by atoms with van der Waals surface area (Å²) in [5, 5.41) is 9.33. The first-order valence-corrected chi connectivity index (χ1v) is 4.68. The second-order valence-corrected chi connectivity index (χ2v) is 2.67. The normalized spacial score (nSPS) is 11.5. The van der Waals surface area contributed by atoms with E-state index in [1.165, 1.54) is 0 Å². The smallest absolute Gasteiger partial charge is 0.0912 e. The summed E-state index contributed by atoms with van der Waals surface area (Å²) in [6.45, 7) is 6.27. The zero-order chi connectivity index (χ0) is 10.3. The lowest BCUT2D eigenvalue weighted by molar-refractivity contribution is 0.186. The van der Waals surface area contributed by atoms with Gasteiger partial charge in [-0.2, -0.15) is 0 Å². The molecule has 1 aromatic rings. The third-order valence-electron chi connectivity index (χ3n) is 1.65. The highest BCUT2D eigenvalue weighted by atomic mass is 16.3. The van der Waals surface area contributed by atoms with Crippen LogP contribution >= 0.6 is 0 Å². The van der Waals surface area contributed by atoms with Crippen molar-refractivity contribution in [2.45, 2.75) is 26.9 Å². The van der Waals surface area contributed by atoms with Gasteiger partial charge in [0.1, 0.15) is 0 Å². The molecule has 74 valence electrons. The van der Waals surface area contributed by atoms with Gasteiger partial charge in [0.15, 0.2) is 0 Å². The Kier molecular flexibility index (Phi) is 6.20. The number of hydrogen-bond acceptors (Lipinski definition) is 2. The number of aryl methyl sites for hydroxylation is 1. The monoisotopic (exact) mass is 181 g/mol. The molecule has 0 aliphatic heterocycles. The Labute approximate surface area is 80.4 Å². The molecule has 0 bridgehead atoms. The van der Waals surface area contributed by atoms with Crippen LogP contribution in [-0.2, 0) is 0 Å². The van der Waals surface area contributed by atoms with Crippen molar-refractivity contribution in [1.29, 1.82) is 0 Å². The maximum Gasteiger partial charge on any atom is 0.0912 e. The quantitative estimate of drug-likeness (QED) is 0.733. The Morgan fingerprint density at radius 3 is 2.46 bits per heavy atom. The van der Waals surface area contributed by atoms with E-state index in [9.17, 15) is 5.11 Å². The van der Waals surface area contributed by atoms with E-state index < -0.39 is 6.10 Å². The van der Waals surface area contributed by atoms with Gasteiger partial charge in [-0.3, -0.25) is 0 Å². The molecule has 3 N–H and O–H groups in total. The highest BCUT2D eigenvalue weighted by molar-refractivity contribution is 5.24. The van der Waals surface area contributed by atoms with E-state index in [1.54, 1.807) is 0 Å². The molecule has 2 nitrogen and oxygen atoms in total. The lowest BCUT2D eigenvalue weighted by Crippen LogP contribution is -2.11. The molecular formula is C11H19NO. The average molecular weight is 181 g/mol. The number of aliphatic hydroxyl groups is 1. The zero-order valence-electron chi connectivity index (χ0n) is 8.62. The van der Waals surface area contributed by atoms with Gasteiger partial charge in [-0.15, -0.1) is 0 Å². The van der Waals surface area contributed by atoms with E-state index >= 15 is 0 Å². The molecule has 0 fully saturated rings. The van der Waals surface area contributed by atoms with Crippen molar-refractivity contribution < 1.29 is 5.11 Å². The number of rotatable bonds is 2. The Hall–Kier alpha value is -0.860. The van der Waals surface area contributed by atoms with E-state index in [1.807, 2.05) is 45.0 Å². The second kappa shape index (κ2) is 6.63. The fourth-order valence-corrected chi connectivity index (χ4v) is 1.01. The molecule has 1 aromatic carbocycles. The standard InChI is InChI=1S/C9H13NO.C2H6/c1-7-3-2-4-8(5-7)9(11)6-10;1-2/h2-5,9,11H,6,10H2,1H3;1-2H3. The summed E-state index contributed by atoms with van der Waals surface area (Å²) in [4.78, 5) is 0. The van der Waals surface area contributed by atoms with Crippen molar-refractivity contribution in [2.75, 3.05) is 6.54 Å². The minimum absolute atomic E-state index is 0.281. The maximum absolute atomic E-state index is 9.33. The molecule has 0 radical (unpaired) electrons. The highest BCUT2D eigenvalue weighted by Crippen LogP contribution is 2.12. The average Bonchev–Trinajstić information content (AvgIpc) is 2.20. The van der Waals surface area contributed by atoms with Crippen LogP contribution in [0.15, 0.2) is 24.3 Å². The van der Waals surface area contributed by atoms with Crippen LogP contribution in [0.25, 0.3) is 0 Å². The molecule has 0 spiro atoms. The Bertz CT molecular complexity index is 235. The number of nitrogens with two attached hydrogens (primary N) is 1. The van der Waals surface area contributed by atoms with Crippen molar-refractivity contribution in [2.24, 2.45) is 5.73 Å². The van der Waals surface area contributed by atoms with Crippen LogP contribution in [0.4, 0.5) is 0 Å².